The number of hydrogen-bond donors (Lipinski definition) is 1. The van der Waals surface area contributed by atoms with Gasteiger partial charge in [0.1, 0.15) is 6.54 Å². The Kier molecular flexibility index (Phi) is 4.37. The quantitative estimate of drug-likeness (QED) is 0.696. The lowest BCUT2D eigenvalue weighted by molar-refractivity contribution is -0.116. The Hall–Kier alpha value is -3.19. The summed E-state index contributed by atoms with van der Waals surface area (Å²) in [5.74, 6) is -0.522. The van der Waals surface area contributed by atoms with Crippen LogP contribution in [-0.4, -0.2) is 33.0 Å². The molecule has 6 nitrogen and oxygen atoms in total. The molecule has 2 heterocycles. The fraction of sp³-hybridized carbons (Fsp3) is 0.0500. The van der Waals surface area contributed by atoms with E-state index in [9.17, 15) is 9.59 Å². The van der Waals surface area contributed by atoms with Crippen LogP contribution in [0.5, 0.6) is 0 Å². The second-order valence-electron chi connectivity index (χ2n) is 6.05. The predicted octanol–water partition coefficient (Wildman–Crippen LogP) is 3.70. The maximum absolute atomic E-state index is 12.6. The van der Waals surface area contributed by atoms with Crippen molar-refractivity contribution in [3.05, 3.63) is 83.1 Å². The Labute approximate surface area is 164 Å². The third-order valence-corrected chi connectivity index (χ3v) is 4.73. The lowest BCUT2D eigenvalue weighted by Gasteiger charge is -2.18. The largest absolute Gasteiger partial charge is 0.323 e. The SMILES string of the molecule is C=C1c2ccccc2C(=O)N1CC(=O)Nc1ccccc1-n1cc(Br)cn1. The van der Waals surface area contributed by atoms with Crippen molar-refractivity contribution >= 4 is 39.1 Å². The van der Waals surface area contributed by atoms with Crippen molar-refractivity contribution in [1.29, 1.82) is 0 Å². The van der Waals surface area contributed by atoms with Crippen molar-refractivity contribution < 1.29 is 9.59 Å². The number of carbonyl (C=O) groups excluding carboxylic acids is 2. The molecule has 2 aromatic carbocycles. The smallest absolute Gasteiger partial charge is 0.259 e. The highest BCUT2D eigenvalue weighted by molar-refractivity contribution is 9.10. The van der Waals surface area contributed by atoms with E-state index >= 15 is 0 Å². The maximum Gasteiger partial charge on any atom is 0.259 e. The fourth-order valence-electron chi connectivity index (χ4n) is 3.05. The van der Waals surface area contributed by atoms with Gasteiger partial charge in [0.05, 0.1) is 22.0 Å². The van der Waals surface area contributed by atoms with E-state index in [0.29, 0.717) is 16.9 Å². The molecule has 7 heteroatoms. The number of hydrogen-bond acceptors (Lipinski definition) is 3. The molecule has 1 aliphatic heterocycles. The molecule has 1 N–H and O–H groups in total. The van der Waals surface area contributed by atoms with Gasteiger partial charge in [0.25, 0.3) is 5.91 Å². The van der Waals surface area contributed by atoms with Gasteiger partial charge >= 0.3 is 0 Å². The van der Waals surface area contributed by atoms with Crippen molar-refractivity contribution in [3.8, 4) is 5.69 Å². The molecule has 0 radical (unpaired) electrons. The van der Waals surface area contributed by atoms with Crippen LogP contribution in [-0.2, 0) is 4.79 Å². The first-order valence-corrected chi connectivity index (χ1v) is 9.03. The van der Waals surface area contributed by atoms with E-state index in [2.05, 4.69) is 32.9 Å². The monoisotopic (exact) mass is 422 g/mol. The van der Waals surface area contributed by atoms with Gasteiger partial charge in [0.2, 0.25) is 5.91 Å². The second kappa shape index (κ2) is 6.85. The minimum atomic E-state index is -0.309. The van der Waals surface area contributed by atoms with Gasteiger partial charge in [-0.05, 0) is 34.1 Å². The molecule has 0 unspecified atom stereocenters. The summed E-state index contributed by atoms with van der Waals surface area (Å²) in [6, 6.07) is 14.6. The molecule has 2 amide bonds. The van der Waals surface area contributed by atoms with Gasteiger partial charge < -0.3 is 5.32 Å². The van der Waals surface area contributed by atoms with E-state index in [0.717, 1.165) is 15.7 Å². The lowest BCUT2D eigenvalue weighted by atomic mass is 10.1. The second-order valence-corrected chi connectivity index (χ2v) is 6.97. The minimum Gasteiger partial charge on any atom is -0.323 e. The van der Waals surface area contributed by atoms with E-state index in [-0.39, 0.29) is 18.4 Å². The molecule has 0 fully saturated rings. The van der Waals surface area contributed by atoms with Crippen LogP contribution in [0.3, 0.4) is 0 Å². The molecule has 27 heavy (non-hydrogen) atoms. The topological polar surface area (TPSA) is 67.2 Å². The van der Waals surface area contributed by atoms with Gasteiger partial charge in [-0.1, -0.05) is 36.9 Å². The number of fused-ring (bicyclic) bond motifs is 1. The predicted molar refractivity (Wildman–Crippen MR) is 106 cm³/mol. The van der Waals surface area contributed by atoms with Gasteiger partial charge in [-0.2, -0.15) is 5.10 Å². The van der Waals surface area contributed by atoms with Crippen molar-refractivity contribution in [3.63, 3.8) is 0 Å². The fourth-order valence-corrected chi connectivity index (χ4v) is 3.33. The third kappa shape index (κ3) is 3.17. The average molecular weight is 423 g/mol. The van der Waals surface area contributed by atoms with E-state index in [1.54, 1.807) is 35.3 Å². The van der Waals surface area contributed by atoms with Gasteiger partial charge in [0, 0.05) is 23.0 Å². The number of aromatic nitrogens is 2. The summed E-state index contributed by atoms with van der Waals surface area (Å²) in [5.41, 5.74) is 3.20. The summed E-state index contributed by atoms with van der Waals surface area (Å²) in [6.07, 6.45) is 3.47. The first-order valence-electron chi connectivity index (χ1n) is 8.24. The number of anilines is 1. The van der Waals surface area contributed by atoms with Crippen molar-refractivity contribution in [2.24, 2.45) is 0 Å². The number of rotatable bonds is 4. The molecule has 0 saturated carbocycles. The number of nitrogens with zero attached hydrogens (tertiary/aromatic N) is 3. The molecule has 1 aromatic heterocycles. The van der Waals surface area contributed by atoms with E-state index in [1.165, 1.54) is 4.90 Å². The van der Waals surface area contributed by atoms with Crippen LogP contribution < -0.4 is 5.32 Å². The first-order chi connectivity index (χ1) is 13.0. The highest BCUT2D eigenvalue weighted by Gasteiger charge is 2.31. The van der Waals surface area contributed by atoms with Gasteiger partial charge in [-0.3, -0.25) is 14.5 Å². The summed E-state index contributed by atoms with van der Waals surface area (Å²) in [4.78, 5) is 26.6. The molecular formula is C20H15BrN4O2. The molecule has 3 aromatic rings. The minimum absolute atomic E-state index is 0.108. The van der Waals surface area contributed by atoms with Crippen LogP contribution in [0.2, 0.25) is 0 Å². The summed E-state index contributed by atoms with van der Waals surface area (Å²) in [6.45, 7) is 3.85. The maximum atomic E-state index is 12.6. The highest BCUT2D eigenvalue weighted by atomic mass is 79.9. The first kappa shape index (κ1) is 17.2. The van der Waals surface area contributed by atoms with Crippen LogP contribution in [0.25, 0.3) is 11.4 Å². The third-order valence-electron chi connectivity index (χ3n) is 4.32. The van der Waals surface area contributed by atoms with Crippen LogP contribution in [0.15, 0.2) is 72.0 Å². The van der Waals surface area contributed by atoms with E-state index < -0.39 is 0 Å². The Morgan fingerprint density at radius 2 is 1.81 bits per heavy atom. The average Bonchev–Trinajstić information content (AvgIpc) is 3.20. The van der Waals surface area contributed by atoms with Crippen LogP contribution in [0.4, 0.5) is 5.69 Å². The van der Waals surface area contributed by atoms with Gasteiger partial charge in [-0.15, -0.1) is 0 Å². The number of carbonyl (C=O) groups is 2. The number of benzene rings is 2. The normalized spacial score (nSPS) is 13.0. The molecule has 1 aliphatic rings. The summed E-state index contributed by atoms with van der Waals surface area (Å²) in [5, 5.41) is 7.11. The summed E-state index contributed by atoms with van der Waals surface area (Å²) < 4.78 is 2.50. The van der Waals surface area contributed by atoms with Crippen LogP contribution in [0.1, 0.15) is 15.9 Å². The molecule has 0 bridgehead atoms. The zero-order chi connectivity index (χ0) is 19.0. The highest BCUT2D eigenvalue weighted by Crippen LogP contribution is 2.31. The number of halogens is 1. The Morgan fingerprint density at radius 3 is 2.52 bits per heavy atom. The zero-order valence-corrected chi connectivity index (χ0v) is 15.8. The van der Waals surface area contributed by atoms with Gasteiger partial charge in [-0.25, -0.2) is 4.68 Å². The Bertz CT molecular complexity index is 1040. The Morgan fingerprint density at radius 1 is 1.11 bits per heavy atom. The van der Waals surface area contributed by atoms with Crippen LogP contribution >= 0.6 is 15.9 Å². The van der Waals surface area contributed by atoms with E-state index in [4.69, 9.17) is 0 Å². The van der Waals surface area contributed by atoms with E-state index in [1.807, 2.05) is 30.3 Å². The molecule has 0 aliphatic carbocycles. The summed E-state index contributed by atoms with van der Waals surface area (Å²) in [7, 11) is 0. The molecule has 134 valence electrons. The number of para-hydroxylation sites is 2. The molecule has 4 rings (SSSR count). The molecular weight excluding hydrogens is 408 g/mol. The van der Waals surface area contributed by atoms with Gasteiger partial charge in [0.15, 0.2) is 0 Å². The molecule has 0 atom stereocenters. The number of nitrogens with one attached hydrogen (secondary N) is 1. The van der Waals surface area contributed by atoms with Crippen molar-refractivity contribution in [1.82, 2.24) is 14.7 Å². The zero-order valence-electron chi connectivity index (χ0n) is 14.2. The molecule has 0 spiro atoms. The standard InChI is InChI=1S/C20H15BrN4O2/c1-13-15-6-2-3-7-16(15)20(27)24(13)12-19(26)23-17-8-4-5-9-18(17)25-11-14(21)10-22-25/h2-11H,1,12H2,(H,23,26). The number of amides is 2. The molecule has 0 saturated heterocycles. The lowest BCUT2D eigenvalue weighted by Crippen LogP contribution is -2.33. The van der Waals surface area contributed by atoms with Crippen molar-refractivity contribution in [2.45, 2.75) is 0 Å². The van der Waals surface area contributed by atoms with Crippen LogP contribution in [0, 0.1) is 0 Å². The van der Waals surface area contributed by atoms with Crippen molar-refractivity contribution in [2.75, 3.05) is 11.9 Å². The summed E-state index contributed by atoms with van der Waals surface area (Å²) >= 11 is 3.37. The Balaban J connectivity index is 1.53.